The van der Waals surface area contributed by atoms with Crippen LogP contribution in [0.3, 0.4) is 0 Å². The van der Waals surface area contributed by atoms with Crippen LogP contribution in [0, 0.1) is 0 Å². The van der Waals surface area contributed by atoms with E-state index in [0.29, 0.717) is 0 Å². The van der Waals surface area contributed by atoms with Crippen LogP contribution in [-0.4, -0.2) is 20.5 Å². The lowest BCUT2D eigenvalue weighted by Gasteiger charge is -2.14. The van der Waals surface area contributed by atoms with Crippen LogP contribution in [0.4, 0.5) is 0 Å². The molecule has 1 heterocycles. The zero-order valence-electron chi connectivity index (χ0n) is 10.3. The Morgan fingerprint density at radius 1 is 1.17 bits per heavy atom. The fourth-order valence-electron chi connectivity index (χ4n) is 1.78. The van der Waals surface area contributed by atoms with Crippen LogP contribution in [-0.2, 0) is 9.47 Å². The lowest BCUT2D eigenvalue weighted by molar-refractivity contribution is -0.105. The fourth-order valence-corrected chi connectivity index (χ4v) is 2.60. The number of benzene rings is 1. The number of hydrogen-bond acceptors (Lipinski definition) is 4. The van der Waals surface area contributed by atoms with Gasteiger partial charge in [0.15, 0.2) is 12.6 Å². The Kier molecular flexibility index (Phi) is 4.25. The highest BCUT2D eigenvalue weighted by Crippen LogP contribution is 2.29. The van der Waals surface area contributed by atoms with Crippen LogP contribution in [0.25, 0.3) is 10.4 Å². The van der Waals surface area contributed by atoms with Gasteiger partial charge in [0.1, 0.15) is 0 Å². The maximum absolute atomic E-state index is 10.7. The Morgan fingerprint density at radius 3 is 2.56 bits per heavy atom. The predicted molar refractivity (Wildman–Crippen MR) is 71.9 cm³/mol. The molecule has 0 unspecified atom stereocenters. The molecular formula is C14H14O3S. The van der Waals surface area contributed by atoms with Crippen molar-refractivity contribution < 1.29 is 14.3 Å². The molecular weight excluding hydrogens is 248 g/mol. The Morgan fingerprint density at radius 2 is 1.94 bits per heavy atom. The van der Waals surface area contributed by atoms with Crippen molar-refractivity contribution in [1.29, 1.82) is 0 Å². The topological polar surface area (TPSA) is 35.5 Å². The maximum atomic E-state index is 10.7. The maximum Gasteiger partial charge on any atom is 0.183 e. The van der Waals surface area contributed by atoms with Crippen LogP contribution in [0.1, 0.15) is 21.5 Å². The normalized spacial score (nSPS) is 10.8. The van der Waals surface area contributed by atoms with Crippen LogP contribution in [0.2, 0.25) is 0 Å². The largest absolute Gasteiger partial charge is 0.352 e. The van der Waals surface area contributed by atoms with Crippen LogP contribution < -0.4 is 0 Å². The van der Waals surface area contributed by atoms with Gasteiger partial charge in [-0.3, -0.25) is 4.79 Å². The third kappa shape index (κ3) is 2.67. The van der Waals surface area contributed by atoms with E-state index in [-0.39, 0.29) is 6.29 Å². The standard InChI is InChI=1S/C14H14O3S/c1-16-14(17-2)11-5-3-4-10(8-11)13-7-6-12(9-15)18-13/h3-9,14H,1-2H3. The van der Waals surface area contributed by atoms with Gasteiger partial charge in [0, 0.05) is 24.7 Å². The highest BCUT2D eigenvalue weighted by Gasteiger charge is 2.10. The molecule has 0 aliphatic rings. The SMILES string of the molecule is COC(OC)c1cccc(-c2ccc(C=O)s2)c1. The quantitative estimate of drug-likeness (QED) is 0.611. The minimum atomic E-state index is -0.365. The Labute approximate surface area is 110 Å². The first-order valence-electron chi connectivity index (χ1n) is 5.49. The molecule has 0 aliphatic carbocycles. The van der Waals surface area contributed by atoms with Crippen LogP contribution in [0.15, 0.2) is 36.4 Å². The highest BCUT2D eigenvalue weighted by atomic mass is 32.1. The summed E-state index contributed by atoms with van der Waals surface area (Å²) in [5.41, 5.74) is 2.02. The molecule has 94 valence electrons. The van der Waals surface area contributed by atoms with Crippen molar-refractivity contribution in [3.63, 3.8) is 0 Å². The molecule has 0 spiro atoms. The number of carbonyl (C=O) groups excluding carboxylic acids is 1. The summed E-state index contributed by atoms with van der Waals surface area (Å²) < 4.78 is 10.5. The number of hydrogen-bond donors (Lipinski definition) is 0. The molecule has 0 saturated heterocycles. The average molecular weight is 262 g/mol. The summed E-state index contributed by atoms with van der Waals surface area (Å²) >= 11 is 1.47. The zero-order chi connectivity index (χ0) is 13.0. The minimum absolute atomic E-state index is 0.365. The Balaban J connectivity index is 2.34. The minimum Gasteiger partial charge on any atom is -0.352 e. The summed E-state index contributed by atoms with van der Waals surface area (Å²) in [6.45, 7) is 0. The predicted octanol–water partition coefficient (Wildman–Crippen LogP) is 3.52. The van der Waals surface area contributed by atoms with Crippen molar-refractivity contribution >= 4 is 17.6 Å². The summed E-state index contributed by atoms with van der Waals surface area (Å²) in [7, 11) is 3.22. The first-order chi connectivity index (χ1) is 8.78. The smallest absolute Gasteiger partial charge is 0.183 e. The van der Waals surface area contributed by atoms with Crippen molar-refractivity contribution in [2.75, 3.05) is 14.2 Å². The molecule has 1 aromatic carbocycles. The molecule has 1 aromatic heterocycles. The Bertz CT molecular complexity index is 529. The summed E-state index contributed by atoms with van der Waals surface area (Å²) in [5, 5.41) is 0. The second-order valence-electron chi connectivity index (χ2n) is 3.75. The van der Waals surface area contributed by atoms with Crippen molar-refractivity contribution in [2.45, 2.75) is 6.29 Å². The van der Waals surface area contributed by atoms with Crippen molar-refractivity contribution in [1.82, 2.24) is 0 Å². The van der Waals surface area contributed by atoms with Gasteiger partial charge in [-0.05, 0) is 23.8 Å². The second-order valence-corrected chi connectivity index (χ2v) is 4.86. The molecule has 2 aromatic rings. The number of ether oxygens (including phenoxy) is 2. The van der Waals surface area contributed by atoms with Gasteiger partial charge >= 0.3 is 0 Å². The molecule has 3 nitrogen and oxygen atoms in total. The molecule has 0 saturated carbocycles. The summed E-state index contributed by atoms with van der Waals surface area (Å²) in [4.78, 5) is 12.5. The second kappa shape index (κ2) is 5.91. The van der Waals surface area contributed by atoms with Crippen molar-refractivity contribution in [3.8, 4) is 10.4 Å². The fraction of sp³-hybridized carbons (Fsp3) is 0.214. The molecule has 0 aliphatic heterocycles. The highest BCUT2D eigenvalue weighted by molar-refractivity contribution is 7.17. The van der Waals surface area contributed by atoms with E-state index in [9.17, 15) is 4.79 Å². The van der Waals surface area contributed by atoms with E-state index in [2.05, 4.69) is 0 Å². The summed E-state index contributed by atoms with van der Waals surface area (Å²) in [5.74, 6) is 0. The van der Waals surface area contributed by atoms with Gasteiger partial charge < -0.3 is 9.47 Å². The van der Waals surface area contributed by atoms with Gasteiger partial charge in [0.25, 0.3) is 0 Å². The first kappa shape index (κ1) is 13.0. The van der Waals surface area contributed by atoms with E-state index in [1.807, 2.05) is 36.4 Å². The van der Waals surface area contributed by atoms with E-state index >= 15 is 0 Å². The number of methoxy groups -OCH3 is 2. The average Bonchev–Trinajstić information content (AvgIpc) is 2.89. The molecule has 18 heavy (non-hydrogen) atoms. The number of rotatable bonds is 5. The number of thiophene rings is 1. The molecule has 0 radical (unpaired) electrons. The van der Waals surface area contributed by atoms with Gasteiger partial charge in [-0.25, -0.2) is 0 Å². The van der Waals surface area contributed by atoms with E-state index in [1.165, 1.54) is 11.3 Å². The first-order valence-corrected chi connectivity index (χ1v) is 6.31. The van der Waals surface area contributed by atoms with Crippen LogP contribution >= 0.6 is 11.3 Å². The summed E-state index contributed by atoms with van der Waals surface area (Å²) in [6, 6.07) is 11.7. The van der Waals surface area contributed by atoms with E-state index in [4.69, 9.17) is 9.47 Å². The zero-order valence-corrected chi connectivity index (χ0v) is 11.1. The van der Waals surface area contributed by atoms with E-state index in [1.54, 1.807) is 14.2 Å². The molecule has 0 amide bonds. The number of carbonyl (C=O) groups is 1. The molecule has 0 fully saturated rings. The number of aldehydes is 1. The van der Waals surface area contributed by atoms with Gasteiger partial charge in [0.2, 0.25) is 0 Å². The van der Waals surface area contributed by atoms with Gasteiger partial charge in [-0.15, -0.1) is 11.3 Å². The molecule has 0 N–H and O–H groups in total. The van der Waals surface area contributed by atoms with Gasteiger partial charge in [0.05, 0.1) is 4.88 Å². The van der Waals surface area contributed by atoms with E-state index in [0.717, 1.165) is 27.2 Å². The van der Waals surface area contributed by atoms with Crippen molar-refractivity contribution in [2.24, 2.45) is 0 Å². The van der Waals surface area contributed by atoms with Gasteiger partial charge in [-0.2, -0.15) is 0 Å². The molecule has 0 bridgehead atoms. The summed E-state index contributed by atoms with van der Waals surface area (Å²) in [6.07, 6.45) is 0.501. The lowest BCUT2D eigenvalue weighted by Crippen LogP contribution is -2.03. The third-order valence-corrected chi connectivity index (χ3v) is 3.67. The lowest BCUT2D eigenvalue weighted by atomic mass is 10.1. The molecule has 0 atom stereocenters. The molecule has 4 heteroatoms. The van der Waals surface area contributed by atoms with E-state index < -0.39 is 0 Å². The van der Waals surface area contributed by atoms with Gasteiger partial charge in [-0.1, -0.05) is 18.2 Å². The third-order valence-electron chi connectivity index (χ3n) is 2.61. The van der Waals surface area contributed by atoms with Crippen LogP contribution in [0.5, 0.6) is 0 Å². The monoisotopic (exact) mass is 262 g/mol. The van der Waals surface area contributed by atoms with Crippen molar-refractivity contribution in [3.05, 3.63) is 46.8 Å². The Hall–Kier alpha value is -1.49. The molecule has 2 rings (SSSR count).